The van der Waals surface area contributed by atoms with Crippen LogP contribution in [0.1, 0.15) is 37.0 Å². The van der Waals surface area contributed by atoms with Gasteiger partial charge in [-0.05, 0) is 38.3 Å². The van der Waals surface area contributed by atoms with E-state index in [2.05, 4.69) is 87.1 Å². The van der Waals surface area contributed by atoms with Gasteiger partial charge in [-0.3, -0.25) is 0 Å². The van der Waals surface area contributed by atoms with E-state index in [0.717, 1.165) is 12.2 Å². The van der Waals surface area contributed by atoms with Crippen LogP contribution < -0.4 is 0 Å². The summed E-state index contributed by atoms with van der Waals surface area (Å²) in [6, 6.07) is 20.1. The van der Waals surface area contributed by atoms with Crippen LogP contribution in [-0.2, 0) is 4.75 Å². The monoisotopic (exact) mass is 294 g/mol. The third-order valence-electron chi connectivity index (χ3n) is 4.54. The van der Waals surface area contributed by atoms with E-state index in [4.69, 9.17) is 0 Å². The predicted octanol–water partition coefficient (Wildman–Crippen LogP) is 5.71. The van der Waals surface area contributed by atoms with Crippen molar-refractivity contribution in [2.75, 3.05) is 5.75 Å². The Balaban J connectivity index is 2.14. The fourth-order valence-electron chi connectivity index (χ4n) is 3.00. The molecule has 0 bridgehead atoms. The summed E-state index contributed by atoms with van der Waals surface area (Å²) >= 11 is 2.08. The van der Waals surface area contributed by atoms with E-state index < -0.39 is 0 Å². The van der Waals surface area contributed by atoms with E-state index in [-0.39, 0.29) is 4.75 Å². The minimum atomic E-state index is 0.0680. The van der Waals surface area contributed by atoms with E-state index in [0.29, 0.717) is 0 Å². The molecule has 1 aliphatic heterocycles. The van der Waals surface area contributed by atoms with Gasteiger partial charge in [-0.2, -0.15) is 0 Å². The van der Waals surface area contributed by atoms with Gasteiger partial charge in [0.05, 0.1) is 4.75 Å². The molecule has 2 aromatic rings. The summed E-state index contributed by atoms with van der Waals surface area (Å²) in [6.07, 6.45) is 1.11. The van der Waals surface area contributed by atoms with Crippen molar-refractivity contribution in [2.45, 2.75) is 31.9 Å². The number of rotatable bonds is 2. The molecule has 1 unspecified atom stereocenters. The Morgan fingerprint density at radius 2 is 1.38 bits per heavy atom. The zero-order chi connectivity index (χ0) is 14.9. The molecule has 21 heavy (non-hydrogen) atoms. The molecule has 1 heterocycles. The first-order valence-electron chi connectivity index (χ1n) is 7.54. The van der Waals surface area contributed by atoms with Gasteiger partial charge in [0.2, 0.25) is 0 Å². The van der Waals surface area contributed by atoms with Gasteiger partial charge < -0.3 is 0 Å². The molecule has 2 aromatic carbocycles. The van der Waals surface area contributed by atoms with Crippen LogP contribution >= 0.6 is 11.8 Å². The molecule has 0 aliphatic carbocycles. The average molecular weight is 294 g/mol. The lowest BCUT2D eigenvalue weighted by Gasteiger charge is -2.39. The molecule has 0 amide bonds. The van der Waals surface area contributed by atoms with E-state index >= 15 is 0 Å². The van der Waals surface area contributed by atoms with E-state index in [1.165, 1.54) is 22.3 Å². The summed E-state index contributed by atoms with van der Waals surface area (Å²) in [5.74, 6) is 1.12. The molecule has 0 saturated carbocycles. The summed E-state index contributed by atoms with van der Waals surface area (Å²) in [6.45, 7) is 6.72. The highest BCUT2D eigenvalue weighted by atomic mass is 32.2. The predicted molar refractivity (Wildman–Crippen MR) is 93.9 cm³/mol. The van der Waals surface area contributed by atoms with Gasteiger partial charge in [-0.1, -0.05) is 71.3 Å². The Morgan fingerprint density at radius 3 is 2.00 bits per heavy atom. The molecule has 1 heteroatoms. The van der Waals surface area contributed by atoms with Crippen molar-refractivity contribution in [1.82, 2.24) is 0 Å². The van der Waals surface area contributed by atoms with Crippen LogP contribution in [0.15, 0.2) is 65.7 Å². The molecule has 0 saturated heterocycles. The van der Waals surface area contributed by atoms with Crippen LogP contribution in [-0.4, -0.2) is 5.75 Å². The molecule has 1 aliphatic rings. The molecule has 1 atom stereocenters. The average Bonchev–Trinajstić information content (AvgIpc) is 2.52. The van der Waals surface area contributed by atoms with Crippen LogP contribution in [0.25, 0.3) is 0 Å². The number of allylic oxidation sites excluding steroid dienone is 1. The largest absolute Gasteiger partial charge is 0.141 e. The van der Waals surface area contributed by atoms with Gasteiger partial charge in [0.25, 0.3) is 0 Å². The number of benzene rings is 2. The molecule has 0 fully saturated rings. The summed E-state index contributed by atoms with van der Waals surface area (Å²) in [4.78, 5) is 0. The lowest BCUT2D eigenvalue weighted by Crippen LogP contribution is -2.28. The second kappa shape index (κ2) is 5.73. The molecule has 0 radical (unpaired) electrons. The second-order valence-corrected chi connectivity index (χ2v) is 7.36. The van der Waals surface area contributed by atoms with Crippen molar-refractivity contribution in [3.05, 3.63) is 82.4 Å². The highest BCUT2D eigenvalue weighted by Crippen LogP contribution is 2.51. The minimum absolute atomic E-state index is 0.0680. The second-order valence-electron chi connectivity index (χ2n) is 6.09. The summed E-state index contributed by atoms with van der Waals surface area (Å²) in [5, 5.41) is 0. The van der Waals surface area contributed by atoms with E-state index in [1.807, 2.05) is 0 Å². The maximum atomic E-state index is 2.31. The SMILES string of the molecule is CC1=C(C)CC(c2ccccc2)(c2ccc(C)cc2)SC1. The Hall–Kier alpha value is -1.47. The number of thioether (sulfide) groups is 1. The van der Waals surface area contributed by atoms with Crippen LogP contribution in [0.5, 0.6) is 0 Å². The van der Waals surface area contributed by atoms with Crippen LogP contribution in [0.3, 0.4) is 0 Å². The quantitative estimate of drug-likeness (QED) is 0.639. The van der Waals surface area contributed by atoms with Crippen molar-refractivity contribution < 1.29 is 0 Å². The number of hydrogen-bond donors (Lipinski definition) is 0. The first-order chi connectivity index (χ1) is 10.1. The summed E-state index contributed by atoms with van der Waals surface area (Å²) in [5.41, 5.74) is 7.25. The van der Waals surface area contributed by atoms with Crippen LogP contribution in [0.4, 0.5) is 0 Å². The molecule has 0 aromatic heterocycles. The van der Waals surface area contributed by atoms with Gasteiger partial charge in [0.15, 0.2) is 0 Å². The molecule has 0 nitrogen and oxygen atoms in total. The zero-order valence-corrected chi connectivity index (χ0v) is 13.8. The van der Waals surface area contributed by atoms with Gasteiger partial charge in [0, 0.05) is 5.75 Å². The first kappa shape index (κ1) is 14.5. The Morgan fingerprint density at radius 1 is 0.762 bits per heavy atom. The standard InChI is InChI=1S/C20H22S/c1-15-9-11-19(12-10-15)20(18-7-5-4-6-8-18)13-16(2)17(3)14-21-20/h4-12H,13-14H2,1-3H3. The van der Waals surface area contributed by atoms with Gasteiger partial charge in [-0.25, -0.2) is 0 Å². The highest BCUT2D eigenvalue weighted by Gasteiger charge is 2.37. The number of aryl methyl sites for hydroxylation is 1. The van der Waals surface area contributed by atoms with Crippen molar-refractivity contribution in [3.8, 4) is 0 Å². The van der Waals surface area contributed by atoms with Crippen molar-refractivity contribution in [3.63, 3.8) is 0 Å². The van der Waals surface area contributed by atoms with E-state index in [1.54, 1.807) is 5.57 Å². The fraction of sp³-hybridized carbons (Fsp3) is 0.300. The minimum Gasteiger partial charge on any atom is -0.141 e. The Kier molecular flexibility index (Phi) is 3.95. The normalized spacial score (nSPS) is 22.4. The van der Waals surface area contributed by atoms with Crippen molar-refractivity contribution in [1.29, 1.82) is 0 Å². The smallest absolute Gasteiger partial charge is 0.0697 e. The van der Waals surface area contributed by atoms with Crippen molar-refractivity contribution in [2.24, 2.45) is 0 Å². The highest BCUT2D eigenvalue weighted by molar-refractivity contribution is 8.00. The zero-order valence-electron chi connectivity index (χ0n) is 13.0. The van der Waals surface area contributed by atoms with Gasteiger partial charge >= 0.3 is 0 Å². The molecule has 108 valence electrons. The topological polar surface area (TPSA) is 0 Å². The first-order valence-corrected chi connectivity index (χ1v) is 8.52. The van der Waals surface area contributed by atoms with Crippen molar-refractivity contribution >= 4 is 11.8 Å². The Labute approximate surface area is 132 Å². The molecular formula is C20H22S. The fourth-order valence-corrected chi connectivity index (χ4v) is 4.63. The lowest BCUT2D eigenvalue weighted by molar-refractivity contribution is 0.712. The molecule has 0 N–H and O–H groups in total. The molecule has 0 spiro atoms. The maximum absolute atomic E-state index is 2.31. The van der Waals surface area contributed by atoms with Crippen LogP contribution in [0.2, 0.25) is 0 Å². The lowest BCUT2D eigenvalue weighted by atomic mass is 9.83. The van der Waals surface area contributed by atoms with Gasteiger partial charge in [0.1, 0.15) is 0 Å². The summed E-state index contributed by atoms with van der Waals surface area (Å²) in [7, 11) is 0. The summed E-state index contributed by atoms with van der Waals surface area (Å²) < 4.78 is 0.0680. The maximum Gasteiger partial charge on any atom is 0.0697 e. The third-order valence-corrected chi connectivity index (χ3v) is 6.22. The Bertz CT molecular complexity index is 652. The number of hydrogen-bond acceptors (Lipinski definition) is 1. The molecular weight excluding hydrogens is 272 g/mol. The van der Waals surface area contributed by atoms with Crippen LogP contribution in [0, 0.1) is 6.92 Å². The van der Waals surface area contributed by atoms with E-state index in [9.17, 15) is 0 Å². The molecule has 3 rings (SSSR count). The van der Waals surface area contributed by atoms with Gasteiger partial charge in [-0.15, -0.1) is 11.8 Å². The third kappa shape index (κ3) is 2.67.